The maximum atomic E-state index is 11.9. The van der Waals surface area contributed by atoms with Crippen LogP contribution < -0.4 is 15.8 Å². The number of hydrogen-bond acceptors (Lipinski definition) is 5. The highest BCUT2D eigenvalue weighted by atomic mass is 16.5. The highest BCUT2D eigenvalue weighted by Crippen LogP contribution is 2.26. The van der Waals surface area contributed by atoms with Crippen molar-refractivity contribution in [2.24, 2.45) is 11.1 Å². The number of hydrogen-bond donors (Lipinski definition) is 2. The average molecular weight is 280 g/mol. The van der Waals surface area contributed by atoms with Gasteiger partial charge in [-0.3, -0.25) is 10.1 Å². The third-order valence-corrected chi connectivity index (χ3v) is 3.14. The topological polar surface area (TPSA) is 90.1 Å². The molecule has 1 rings (SSSR count). The average Bonchev–Trinajstić information content (AvgIpc) is 2.35. The molecule has 0 atom stereocenters. The standard InChI is InChI=1S/C14H24N4O2/c1-10-9-12(20-4)18-13(16-10)17-11(19)5-6-14(2,3)7-8-15/h9H,5-8,15H2,1-4H3,(H,16,17,18,19). The van der Waals surface area contributed by atoms with E-state index in [1.54, 1.807) is 6.07 Å². The summed E-state index contributed by atoms with van der Waals surface area (Å²) < 4.78 is 5.05. The van der Waals surface area contributed by atoms with Crippen LogP contribution in [-0.2, 0) is 4.79 Å². The maximum absolute atomic E-state index is 11.9. The molecule has 1 heterocycles. The molecule has 0 radical (unpaired) electrons. The Morgan fingerprint density at radius 3 is 2.70 bits per heavy atom. The first-order chi connectivity index (χ1) is 9.36. The van der Waals surface area contributed by atoms with Gasteiger partial charge in [-0.1, -0.05) is 13.8 Å². The van der Waals surface area contributed by atoms with Crippen LogP contribution in [0.3, 0.4) is 0 Å². The number of amides is 1. The van der Waals surface area contributed by atoms with Gasteiger partial charge >= 0.3 is 0 Å². The number of nitrogens with two attached hydrogens (primary N) is 1. The van der Waals surface area contributed by atoms with Gasteiger partial charge in [-0.25, -0.2) is 4.98 Å². The minimum absolute atomic E-state index is 0.0667. The summed E-state index contributed by atoms with van der Waals surface area (Å²) in [6.45, 7) is 6.68. The van der Waals surface area contributed by atoms with E-state index in [4.69, 9.17) is 10.5 Å². The van der Waals surface area contributed by atoms with E-state index in [-0.39, 0.29) is 17.3 Å². The van der Waals surface area contributed by atoms with Crippen LogP contribution in [0, 0.1) is 12.3 Å². The lowest BCUT2D eigenvalue weighted by atomic mass is 9.84. The van der Waals surface area contributed by atoms with Crippen molar-refractivity contribution in [2.45, 2.75) is 40.0 Å². The van der Waals surface area contributed by atoms with Crippen molar-refractivity contribution in [3.63, 3.8) is 0 Å². The smallest absolute Gasteiger partial charge is 0.232 e. The Morgan fingerprint density at radius 1 is 1.40 bits per heavy atom. The van der Waals surface area contributed by atoms with Gasteiger partial charge in [-0.05, 0) is 31.7 Å². The molecule has 1 aromatic rings. The van der Waals surface area contributed by atoms with Crippen molar-refractivity contribution in [3.8, 4) is 5.88 Å². The largest absolute Gasteiger partial charge is 0.481 e. The first-order valence-corrected chi connectivity index (χ1v) is 6.76. The lowest BCUT2D eigenvalue weighted by Gasteiger charge is -2.23. The van der Waals surface area contributed by atoms with E-state index in [1.807, 2.05) is 6.92 Å². The van der Waals surface area contributed by atoms with Crippen LogP contribution in [0.2, 0.25) is 0 Å². The van der Waals surface area contributed by atoms with Gasteiger partial charge in [0.25, 0.3) is 0 Å². The molecule has 0 fully saturated rings. The summed E-state index contributed by atoms with van der Waals surface area (Å²) in [5.41, 5.74) is 6.37. The Bertz CT molecular complexity index is 460. The molecule has 0 aliphatic rings. The van der Waals surface area contributed by atoms with E-state index >= 15 is 0 Å². The van der Waals surface area contributed by atoms with Gasteiger partial charge in [0.1, 0.15) is 0 Å². The second-order valence-corrected chi connectivity index (χ2v) is 5.63. The van der Waals surface area contributed by atoms with Crippen molar-refractivity contribution in [2.75, 3.05) is 19.0 Å². The van der Waals surface area contributed by atoms with Gasteiger partial charge in [0, 0.05) is 18.2 Å². The molecule has 0 spiro atoms. The van der Waals surface area contributed by atoms with Crippen LogP contribution in [0.1, 0.15) is 38.8 Å². The minimum Gasteiger partial charge on any atom is -0.481 e. The molecule has 6 nitrogen and oxygen atoms in total. The lowest BCUT2D eigenvalue weighted by Crippen LogP contribution is -2.21. The van der Waals surface area contributed by atoms with E-state index < -0.39 is 0 Å². The minimum atomic E-state index is -0.0947. The first kappa shape index (κ1) is 16.4. The number of carbonyl (C=O) groups is 1. The summed E-state index contributed by atoms with van der Waals surface area (Å²) in [5.74, 6) is 0.627. The third kappa shape index (κ3) is 5.52. The van der Waals surface area contributed by atoms with E-state index in [2.05, 4.69) is 29.1 Å². The summed E-state index contributed by atoms with van der Waals surface area (Å²) in [5, 5.41) is 2.70. The highest BCUT2D eigenvalue weighted by molar-refractivity contribution is 5.88. The van der Waals surface area contributed by atoms with Crippen molar-refractivity contribution < 1.29 is 9.53 Å². The predicted molar refractivity (Wildman–Crippen MR) is 78.6 cm³/mol. The Morgan fingerprint density at radius 2 is 2.10 bits per heavy atom. The van der Waals surface area contributed by atoms with Gasteiger partial charge in [-0.2, -0.15) is 4.98 Å². The molecule has 0 unspecified atom stereocenters. The Hall–Kier alpha value is -1.69. The molecular formula is C14H24N4O2. The number of aromatic nitrogens is 2. The van der Waals surface area contributed by atoms with Gasteiger partial charge in [0.15, 0.2) is 0 Å². The molecule has 20 heavy (non-hydrogen) atoms. The van der Waals surface area contributed by atoms with Crippen molar-refractivity contribution in [1.82, 2.24) is 9.97 Å². The van der Waals surface area contributed by atoms with Crippen LogP contribution in [0.4, 0.5) is 5.95 Å². The van der Waals surface area contributed by atoms with Gasteiger partial charge in [-0.15, -0.1) is 0 Å². The number of anilines is 1. The molecule has 1 aromatic heterocycles. The number of methoxy groups -OCH3 is 1. The molecule has 0 bridgehead atoms. The van der Waals surface area contributed by atoms with E-state index in [0.29, 0.717) is 18.8 Å². The van der Waals surface area contributed by atoms with Crippen LogP contribution in [0.25, 0.3) is 0 Å². The van der Waals surface area contributed by atoms with Crippen LogP contribution in [0.15, 0.2) is 6.07 Å². The van der Waals surface area contributed by atoms with Gasteiger partial charge in [0.2, 0.25) is 17.7 Å². The Labute approximate surface area is 120 Å². The fraction of sp³-hybridized carbons (Fsp3) is 0.643. The second-order valence-electron chi connectivity index (χ2n) is 5.63. The monoisotopic (exact) mass is 280 g/mol. The molecule has 1 amide bonds. The summed E-state index contributed by atoms with van der Waals surface area (Å²) in [7, 11) is 1.53. The molecule has 3 N–H and O–H groups in total. The number of rotatable bonds is 7. The molecule has 0 aromatic carbocycles. The number of aryl methyl sites for hydroxylation is 1. The summed E-state index contributed by atoms with van der Waals surface area (Å²) >= 11 is 0. The van der Waals surface area contributed by atoms with Gasteiger partial charge in [0.05, 0.1) is 7.11 Å². The quantitative estimate of drug-likeness (QED) is 0.796. The van der Waals surface area contributed by atoms with Crippen LogP contribution in [0.5, 0.6) is 5.88 Å². The third-order valence-electron chi connectivity index (χ3n) is 3.14. The molecule has 0 saturated carbocycles. The fourth-order valence-electron chi connectivity index (χ4n) is 1.85. The molecule has 0 saturated heterocycles. The first-order valence-electron chi connectivity index (χ1n) is 6.76. The zero-order valence-electron chi connectivity index (χ0n) is 12.7. The van der Waals surface area contributed by atoms with E-state index in [0.717, 1.165) is 18.5 Å². The normalized spacial score (nSPS) is 11.2. The molecule has 6 heteroatoms. The Balaban J connectivity index is 2.56. The number of nitrogens with zero attached hydrogens (tertiary/aromatic N) is 2. The van der Waals surface area contributed by atoms with E-state index in [9.17, 15) is 4.79 Å². The maximum Gasteiger partial charge on any atom is 0.232 e. The zero-order valence-corrected chi connectivity index (χ0v) is 12.7. The van der Waals surface area contributed by atoms with Crippen molar-refractivity contribution in [1.29, 1.82) is 0 Å². The molecular weight excluding hydrogens is 256 g/mol. The summed E-state index contributed by atoms with van der Waals surface area (Å²) in [6.07, 6.45) is 2.10. The van der Waals surface area contributed by atoms with Crippen LogP contribution in [-0.4, -0.2) is 29.5 Å². The molecule has 0 aliphatic carbocycles. The number of nitrogens with one attached hydrogen (secondary N) is 1. The molecule has 112 valence electrons. The summed E-state index contributed by atoms with van der Waals surface area (Å²) in [6, 6.07) is 1.71. The van der Waals surface area contributed by atoms with Crippen LogP contribution >= 0.6 is 0 Å². The van der Waals surface area contributed by atoms with E-state index in [1.165, 1.54) is 7.11 Å². The van der Waals surface area contributed by atoms with Crippen molar-refractivity contribution >= 4 is 11.9 Å². The summed E-state index contributed by atoms with van der Waals surface area (Å²) in [4.78, 5) is 20.2. The van der Waals surface area contributed by atoms with Crippen molar-refractivity contribution in [3.05, 3.63) is 11.8 Å². The number of carbonyl (C=O) groups excluding carboxylic acids is 1. The fourth-order valence-corrected chi connectivity index (χ4v) is 1.85. The lowest BCUT2D eigenvalue weighted by molar-refractivity contribution is -0.116. The SMILES string of the molecule is COc1cc(C)nc(NC(=O)CCC(C)(C)CCN)n1. The molecule has 0 aliphatic heterocycles. The number of ether oxygens (including phenoxy) is 1. The highest BCUT2D eigenvalue weighted by Gasteiger charge is 2.18. The second kappa shape index (κ2) is 7.19. The Kier molecular flexibility index (Phi) is 5.88. The van der Waals surface area contributed by atoms with Gasteiger partial charge < -0.3 is 10.5 Å². The zero-order chi connectivity index (χ0) is 15.2. The predicted octanol–water partition coefficient (Wildman–Crippen LogP) is 1.89.